The topological polar surface area (TPSA) is 94.6 Å². The summed E-state index contributed by atoms with van der Waals surface area (Å²) in [5.41, 5.74) is 1.12. The average Bonchev–Trinajstić information content (AvgIpc) is 2.72. The maximum atomic E-state index is 11.7. The van der Waals surface area contributed by atoms with Crippen LogP contribution in [0.4, 0.5) is 10.5 Å². The molecule has 9 heteroatoms. The highest BCUT2D eigenvalue weighted by Gasteiger charge is 2.16. The fraction of sp³-hybridized carbons (Fsp3) is 0.250. The van der Waals surface area contributed by atoms with Crippen LogP contribution in [0.3, 0.4) is 0 Å². The molecule has 2 N–H and O–H groups in total. The number of fused-ring (bicyclic) bond motifs is 1. The van der Waals surface area contributed by atoms with Crippen LogP contribution in [0, 0.1) is 0 Å². The summed E-state index contributed by atoms with van der Waals surface area (Å²) in [7, 11) is 3.07. The highest BCUT2D eigenvalue weighted by Crippen LogP contribution is 2.39. The van der Waals surface area contributed by atoms with E-state index in [1.165, 1.54) is 7.11 Å². The lowest BCUT2D eigenvalue weighted by Crippen LogP contribution is -2.29. The number of ether oxygens (including phenoxy) is 3. The van der Waals surface area contributed by atoms with E-state index in [4.69, 9.17) is 25.8 Å². The van der Waals surface area contributed by atoms with Gasteiger partial charge >= 0.3 is 6.03 Å². The number of rotatable bonds is 7. The first-order valence-corrected chi connectivity index (χ1v) is 9.34. The minimum atomic E-state index is -0.255. The van der Waals surface area contributed by atoms with Gasteiger partial charge in [-0.25, -0.2) is 9.78 Å². The van der Waals surface area contributed by atoms with Gasteiger partial charge in [-0.1, -0.05) is 6.92 Å². The van der Waals surface area contributed by atoms with Crippen molar-refractivity contribution in [1.82, 2.24) is 15.3 Å². The smallest absolute Gasteiger partial charge is 0.319 e. The average molecular weight is 417 g/mol. The third kappa shape index (κ3) is 4.78. The van der Waals surface area contributed by atoms with Crippen molar-refractivity contribution in [3.63, 3.8) is 0 Å². The van der Waals surface area contributed by atoms with Crippen LogP contribution in [0.25, 0.3) is 10.9 Å². The Morgan fingerprint density at radius 3 is 2.48 bits per heavy atom. The first-order chi connectivity index (χ1) is 14.0. The molecular formula is C20H21ClN4O4. The number of halogens is 1. The van der Waals surface area contributed by atoms with Crippen molar-refractivity contribution in [2.45, 2.75) is 13.3 Å². The van der Waals surface area contributed by atoms with Crippen molar-refractivity contribution >= 4 is 34.2 Å². The summed E-state index contributed by atoms with van der Waals surface area (Å²) in [4.78, 5) is 20.2. The Morgan fingerprint density at radius 1 is 1.07 bits per heavy atom. The standard InChI is InChI=1S/C20H21ClN4O4/c1-4-11-22-20(26)23-12-5-7-13(8-6-12)29-18-14-9-10-15(27-2)17(28-3)16(14)24-19(21)25-18/h5-10H,4,11H2,1-3H3,(H2,22,23,26). The lowest BCUT2D eigenvalue weighted by molar-refractivity contribution is 0.252. The van der Waals surface area contributed by atoms with Gasteiger partial charge in [0.1, 0.15) is 11.3 Å². The SMILES string of the molecule is CCCNC(=O)Nc1ccc(Oc2nc(Cl)nc3c(OC)c(OC)ccc23)cc1. The molecule has 0 atom stereocenters. The van der Waals surface area contributed by atoms with Crippen LogP contribution < -0.4 is 24.8 Å². The van der Waals surface area contributed by atoms with E-state index in [-0.39, 0.29) is 17.2 Å². The van der Waals surface area contributed by atoms with Crippen LogP contribution >= 0.6 is 11.6 Å². The van der Waals surface area contributed by atoms with E-state index >= 15 is 0 Å². The second-order valence-electron chi connectivity index (χ2n) is 6.00. The lowest BCUT2D eigenvalue weighted by Gasteiger charge is -2.13. The summed E-state index contributed by atoms with van der Waals surface area (Å²) in [6, 6.07) is 10.2. The largest absolute Gasteiger partial charge is 0.493 e. The molecule has 152 valence electrons. The molecule has 29 heavy (non-hydrogen) atoms. The minimum Gasteiger partial charge on any atom is -0.493 e. The maximum absolute atomic E-state index is 11.7. The number of hydrogen-bond acceptors (Lipinski definition) is 6. The summed E-state index contributed by atoms with van der Waals surface area (Å²) in [5.74, 6) is 1.77. The second-order valence-corrected chi connectivity index (χ2v) is 6.34. The van der Waals surface area contributed by atoms with Crippen LogP contribution in [0.15, 0.2) is 36.4 Å². The van der Waals surface area contributed by atoms with Gasteiger partial charge in [-0.3, -0.25) is 0 Å². The Balaban J connectivity index is 1.85. The van der Waals surface area contributed by atoms with Crippen LogP contribution in [-0.4, -0.2) is 36.8 Å². The number of carbonyl (C=O) groups excluding carboxylic acids is 1. The number of anilines is 1. The first kappa shape index (κ1) is 20.5. The Kier molecular flexibility index (Phi) is 6.56. The van der Waals surface area contributed by atoms with E-state index < -0.39 is 0 Å². The van der Waals surface area contributed by atoms with E-state index in [2.05, 4.69) is 20.6 Å². The Labute approximate surface area is 173 Å². The summed E-state index contributed by atoms with van der Waals surface area (Å²) in [5, 5.41) is 6.14. The van der Waals surface area contributed by atoms with E-state index in [0.717, 1.165) is 6.42 Å². The predicted molar refractivity (Wildman–Crippen MR) is 111 cm³/mol. The Morgan fingerprint density at radius 2 is 1.83 bits per heavy atom. The molecule has 3 aromatic rings. The molecule has 0 bridgehead atoms. The van der Waals surface area contributed by atoms with Crippen molar-refractivity contribution in [2.24, 2.45) is 0 Å². The molecule has 0 aliphatic heterocycles. The van der Waals surface area contributed by atoms with Gasteiger partial charge in [-0.15, -0.1) is 0 Å². The number of methoxy groups -OCH3 is 2. The van der Waals surface area contributed by atoms with Crippen LogP contribution in [-0.2, 0) is 0 Å². The van der Waals surface area contributed by atoms with E-state index in [1.54, 1.807) is 43.5 Å². The summed E-state index contributed by atoms with van der Waals surface area (Å²) < 4.78 is 16.6. The summed E-state index contributed by atoms with van der Waals surface area (Å²) in [6.45, 7) is 2.60. The summed E-state index contributed by atoms with van der Waals surface area (Å²) >= 11 is 6.09. The fourth-order valence-corrected chi connectivity index (χ4v) is 2.83. The molecular weight excluding hydrogens is 396 g/mol. The van der Waals surface area contributed by atoms with Crippen LogP contribution in [0.5, 0.6) is 23.1 Å². The van der Waals surface area contributed by atoms with E-state index in [0.29, 0.717) is 40.4 Å². The molecule has 8 nitrogen and oxygen atoms in total. The molecule has 2 amide bonds. The quantitative estimate of drug-likeness (QED) is 0.545. The molecule has 1 heterocycles. The number of aromatic nitrogens is 2. The molecule has 3 rings (SSSR count). The highest BCUT2D eigenvalue weighted by atomic mass is 35.5. The molecule has 0 saturated carbocycles. The van der Waals surface area contributed by atoms with E-state index in [1.807, 2.05) is 6.92 Å². The van der Waals surface area contributed by atoms with Gasteiger partial charge in [0.15, 0.2) is 11.5 Å². The molecule has 0 unspecified atom stereocenters. The van der Waals surface area contributed by atoms with Gasteiger partial charge in [-0.05, 0) is 54.4 Å². The van der Waals surface area contributed by atoms with Gasteiger partial charge in [0.05, 0.1) is 19.6 Å². The molecule has 2 aromatic carbocycles. The lowest BCUT2D eigenvalue weighted by atomic mass is 10.2. The number of hydrogen-bond donors (Lipinski definition) is 2. The fourth-order valence-electron chi connectivity index (χ4n) is 2.67. The summed E-state index contributed by atoms with van der Waals surface area (Å²) in [6.07, 6.45) is 0.867. The number of carbonyl (C=O) groups is 1. The Bertz CT molecular complexity index is 1010. The number of nitrogens with one attached hydrogen (secondary N) is 2. The predicted octanol–water partition coefficient (Wildman–Crippen LogP) is 4.62. The maximum Gasteiger partial charge on any atom is 0.319 e. The number of nitrogens with zero attached hydrogens (tertiary/aromatic N) is 2. The van der Waals surface area contributed by atoms with Gasteiger partial charge in [0.25, 0.3) is 0 Å². The Hall–Kier alpha value is -3.26. The molecule has 1 aromatic heterocycles. The van der Waals surface area contributed by atoms with Crippen molar-refractivity contribution in [1.29, 1.82) is 0 Å². The molecule has 0 aliphatic carbocycles. The zero-order valence-corrected chi connectivity index (χ0v) is 17.0. The third-order valence-corrected chi connectivity index (χ3v) is 4.18. The number of urea groups is 1. The number of benzene rings is 2. The zero-order valence-electron chi connectivity index (χ0n) is 16.3. The number of amides is 2. The first-order valence-electron chi connectivity index (χ1n) is 8.96. The van der Waals surface area contributed by atoms with Crippen LogP contribution in [0.1, 0.15) is 13.3 Å². The van der Waals surface area contributed by atoms with Crippen molar-refractivity contribution in [3.05, 3.63) is 41.7 Å². The van der Waals surface area contributed by atoms with Gasteiger partial charge in [0, 0.05) is 12.2 Å². The molecule has 0 saturated heterocycles. The van der Waals surface area contributed by atoms with Gasteiger partial charge in [-0.2, -0.15) is 4.98 Å². The molecule has 0 radical (unpaired) electrons. The van der Waals surface area contributed by atoms with Crippen molar-refractivity contribution < 1.29 is 19.0 Å². The molecule has 0 aliphatic rings. The minimum absolute atomic E-state index is 0.0185. The van der Waals surface area contributed by atoms with E-state index in [9.17, 15) is 4.79 Å². The third-order valence-electron chi connectivity index (χ3n) is 4.01. The normalized spacial score (nSPS) is 10.5. The second kappa shape index (κ2) is 9.29. The monoisotopic (exact) mass is 416 g/mol. The van der Waals surface area contributed by atoms with Crippen LogP contribution in [0.2, 0.25) is 5.28 Å². The van der Waals surface area contributed by atoms with Gasteiger partial charge < -0.3 is 24.8 Å². The highest BCUT2D eigenvalue weighted by molar-refractivity contribution is 6.28. The molecule has 0 spiro atoms. The van der Waals surface area contributed by atoms with Crippen molar-refractivity contribution in [3.8, 4) is 23.1 Å². The van der Waals surface area contributed by atoms with Gasteiger partial charge in [0.2, 0.25) is 11.2 Å². The zero-order chi connectivity index (χ0) is 20.8. The van der Waals surface area contributed by atoms with Crippen molar-refractivity contribution in [2.75, 3.05) is 26.1 Å². The molecule has 0 fully saturated rings.